The minimum atomic E-state index is -1.05. The van der Waals surface area contributed by atoms with Gasteiger partial charge in [-0.25, -0.2) is 4.79 Å². The van der Waals surface area contributed by atoms with Crippen LogP contribution in [0.1, 0.15) is 12.8 Å². The van der Waals surface area contributed by atoms with Crippen molar-refractivity contribution in [1.29, 1.82) is 0 Å². The van der Waals surface area contributed by atoms with Crippen molar-refractivity contribution in [3.05, 3.63) is 24.3 Å². The maximum absolute atomic E-state index is 12.2. The van der Waals surface area contributed by atoms with Crippen LogP contribution in [-0.2, 0) is 14.3 Å². The fourth-order valence-corrected chi connectivity index (χ4v) is 2.05. The molecule has 0 spiro atoms. The summed E-state index contributed by atoms with van der Waals surface area (Å²) in [6.07, 6.45) is -0.932. The second-order valence-electron chi connectivity index (χ2n) is 4.45. The van der Waals surface area contributed by atoms with Crippen LogP contribution in [-0.4, -0.2) is 41.3 Å². The van der Waals surface area contributed by atoms with Crippen LogP contribution in [0.3, 0.4) is 0 Å². The number of carboxylic acid groups (broad SMARTS) is 1. The van der Waals surface area contributed by atoms with E-state index in [1.807, 2.05) is 0 Å². The third-order valence-electron chi connectivity index (χ3n) is 3.12. The fraction of sp³-hybridized carbons (Fsp3) is 0.385. The molecule has 2 rings (SSSR count). The molecule has 19 heavy (non-hydrogen) atoms. The van der Waals surface area contributed by atoms with E-state index in [0.717, 1.165) is 0 Å². The predicted molar refractivity (Wildman–Crippen MR) is 67.0 cm³/mol. The molecule has 1 aliphatic heterocycles. The lowest BCUT2D eigenvalue weighted by Gasteiger charge is -2.21. The van der Waals surface area contributed by atoms with Gasteiger partial charge in [-0.05, 0) is 25.0 Å². The van der Waals surface area contributed by atoms with E-state index in [1.165, 1.54) is 17.0 Å². The summed E-state index contributed by atoms with van der Waals surface area (Å²) in [5.74, 6) is -1.29. The number of nitrogens with zero attached hydrogens (tertiary/aromatic N) is 1. The minimum Gasteiger partial charge on any atom is -0.508 e. The number of carbonyl (C=O) groups is 2. The monoisotopic (exact) mass is 265 g/mol. The summed E-state index contributed by atoms with van der Waals surface area (Å²) in [5.41, 5.74) is 0.535. The third kappa shape index (κ3) is 2.85. The van der Waals surface area contributed by atoms with Crippen LogP contribution in [0.15, 0.2) is 24.3 Å². The van der Waals surface area contributed by atoms with Gasteiger partial charge < -0.3 is 19.8 Å². The third-order valence-corrected chi connectivity index (χ3v) is 3.12. The van der Waals surface area contributed by atoms with Gasteiger partial charge >= 0.3 is 5.97 Å². The first-order valence-corrected chi connectivity index (χ1v) is 5.94. The van der Waals surface area contributed by atoms with E-state index in [4.69, 9.17) is 9.84 Å². The highest BCUT2D eigenvalue weighted by molar-refractivity contribution is 5.96. The molecule has 1 fully saturated rings. The first-order valence-electron chi connectivity index (χ1n) is 5.94. The van der Waals surface area contributed by atoms with Gasteiger partial charge in [-0.15, -0.1) is 0 Å². The average molecular weight is 265 g/mol. The highest BCUT2D eigenvalue weighted by atomic mass is 16.5. The summed E-state index contributed by atoms with van der Waals surface area (Å²) < 4.78 is 5.20. The Kier molecular flexibility index (Phi) is 3.71. The standard InChI is InChI=1S/C13H15NO5/c1-14(8-3-2-4-9(15)7-8)12(16)10-5-6-11(19-10)13(17)18/h2-4,7,10-11,15H,5-6H2,1H3,(H,17,18). The topological polar surface area (TPSA) is 87.1 Å². The number of carbonyl (C=O) groups excluding carboxylic acids is 1. The van der Waals surface area contributed by atoms with Gasteiger partial charge in [-0.2, -0.15) is 0 Å². The number of aliphatic carboxylic acids is 1. The van der Waals surface area contributed by atoms with Gasteiger partial charge in [0.1, 0.15) is 11.9 Å². The summed E-state index contributed by atoms with van der Waals surface area (Å²) in [6.45, 7) is 0. The fourth-order valence-electron chi connectivity index (χ4n) is 2.05. The summed E-state index contributed by atoms with van der Waals surface area (Å²) in [5, 5.41) is 18.2. The summed E-state index contributed by atoms with van der Waals surface area (Å²) >= 11 is 0. The molecule has 6 heteroatoms. The van der Waals surface area contributed by atoms with Gasteiger partial charge in [0.05, 0.1) is 0 Å². The zero-order valence-electron chi connectivity index (χ0n) is 10.4. The van der Waals surface area contributed by atoms with Gasteiger partial charge in [-0.3, -0.25) is 4.79 Å². The minimum absolute atomic E-state index is 0.0629. The molecular formula is C13H15NO5. The summed E-state index contributed by atoms with van der Waals surface area (Å²) in [4.78, 5) is 24.3. The van der Waals surface area contributed by atoms with Crippen LogP contribution >= 0.6 is 0 Å². The molecular weight excluding hydrogens is 250 g/mol. The highest BCUT2D eigenvalue weighted by Crippen LogP contribution is 2.25. The number of likely N-dealkylation sites (N-methyl/N-ethyl adjacent to an activating group) is 1. The molecule has 1 aliphatic rings. The number of carboxylic acids is 1. The van der Waals surface area contributed by atoms with E-state index in [9.17, 15) is 14.7 Å². The number of benzene rings is 1. The molecule has 2 unspecified atom stereocenters. The van der Waals surface area contributed by atoms with E-state index in [0.29, 0.717) is 18.5 Å². The van der Waals surface area contributed by atoms with E-state index in [1.54, 1.807) is 19.2 Å². The first-order chi connectivity index (χ1) is 8.99. The maximum atomic E-state index is 12.2. The first kappa shape index (κ1) is 13.4. The molecule has 2 N–H and O–H groups in total. The van der Waals surface area contributed by atoms with Crippen molar-refractivity contribution in [3.63, 3.8) is 0 Å². The quantitative estimate of drug-likeness (QED) is 0.851. The Balaban J connectivity index is 2.06. The zero-order chi connectivity index (χ0) is 14.0. The van der Waals surface area contributed by atoms with Crippen LogP contribution in [0, 0.1) is 0 Å². The van der Waals surface area contributed by atoms with Crippen molar-refractivity contribution in [1.82, 2.24) is 0 Å². The number of hydrogen-bond acceptors (Lipinski definition) is 4. The second kappa shape index (κ2) is 5.27. The van der Waals surface area contributed by atoms with Gasteiger partial charge in [-0.1, -0.05) is 6.07 Å². The predicted octanol–water partition coefficient (Wildman–Crippen LogP) is 0.987. The smallest absolute Gasteiger partial charge is 0.332 e. The van der Waals surface area contributed by atoms with Crippen molar-refractivity contribution in [3.8, 4) is 5.75 Å². The largest absolute Gasteiger partial charge is 0.508 e. The number of anilines is 1. The van der Waals surface area contributed by atoms with Crippen molar-refractivity contribution in [2.45, 2.75) is 25.0 Å². The number of ether oxygens (including phenoxy) is 1. The second-order valence-corrected chi connectivity index (χ2v) is 4.45. The summed E-state index contributed by atoms with van der Waals surface area (Å²) in [7, 11) is 1.56. The van der Waals surface area contributed by atoms with Crippen LogP contribution in [0.25, 0.3) is 0 Å². The highest BCUT2D eigenvalue weighted by Gasteiger charge is 2.36. The normalized spacial score (nSPS) is 22.2. The number of aromatic hydroxyl groups is 1. The molecule has 0 saturated carbocycles. The zero-order valence-corrected chi connectivity index (χ0v) is 10.4. The number of phenols is 1. The number of amides is 1. The molecule has 0 aromatic heterocycles. The Labute approximate surface area is 110 Å². The number of rotatable bonds is 3. The van der Waals surface area contributed by atoms with Gasteiger partial charge in [0, 0.05) is 18.8 Å². The van der Waals surface area contributed by atoms with Crippen LogP contribution in [0.5, 0.6) is 5.75 Å². The molecule has 0 bridgehead atoms. The number of hydrogen-bond donors (Lipinski definition) is 2. The molecule has 6 nitrogen and oxygen atoms in total. The van der Waals surface area contributed by atoms with E-state index in [2.05, 4.69) is 0 Å². The molecule has 2 atom stereocenters. The molecule has 1 heterocycles. The van der Waals surface area contributed by atoms with Gasteiger partial charge in [0.25, 0.3) is 5.91 Å². The van der Waals surface area contributed by atoms with Crippen molar-refractivity contribution >= 4 is 17.6 Å². The Bertz CT molecular complexity index is 502. The van der Waals surface area contributed by atoms with Crippen molar-refractivity contribution in [2.75, 3.05) is 11.9 Å². The molecule has 0 radical (unpaired) electrons. The van der Waals surface area contributed by atoms with Crippen molar-refractivity contribution in [2.24, 2.45) is 0 Å². The average Bonchev–Trinajstić information content (AvgIpc) is 2.86. The van der Waals surface area contributed by atoms with E-state index < -0.39 is 18.2 Å². The molecule has 1 aromatic carbocycles. The Morgan fingerprint density at radius 3 is 2.58 bits per heavy atom. The molecule has 1 amide bonds. The lowest BCUT2D eigenvalue weighted by atomic mass is 10.1. The maximum Gasteiger partial charge on any atom is 0.332 e. The van der Waals surface area contributed by atoms with Crippen LogP contribution < -0.4 is 4.90 Å². The molecule has 102 valence electrons. The van der Waals surface area contributed by atoms with E-state index in [-0.39, 0.29) is 11.7 Å². The van der Waals surface area contributed by atoms with Crippen LogP contribution in [0.2, 0.25) is 0 Å². The molecule has 1 aromatic rings. The molecule has 0 aliphatic carbocycles. The van der Waals surface area contributed by atoms with Gasteiger partial charge in [0.2, 0.25) is 0 Å². The lowest BCUT2D eigenvalue weighted by Crippen LogP contribution is -2.37. The Morgan fingerprint density at radius 2 is 2.00 bits per heavy atom. The van der Waals surface area contributed by atoms with Crippen LogP contribution in [0.4, 0.5) is 5.69 Å². The Morgan fingerprint density at radius 1 is 1.32 bits per heavy atom. The Hall–Kier alpha value is -2.08. The van der Waals surface area contributed by atoms with Crippen molar-refractivity contribution < 1.29 is 24.5 Å². The molecule has 1 saturated heterocycles. The van der Waals surface area contributed by atoms with Gasteiger partial charge in [0.15, 0.2) is 6.10 Å². The summed E-state index contributed by atoms with van der Waals surface area (Å²) in [6, 6.07) is 6.28. The van der Waals surface area contributed by atoms with E-state index >= 15 is 0 Å². The SMILES string of the molecule is CN(C(=O)C1CCC(C(=O)O)O1)c1cccc(O)c1. The lowest BCUT2D eigenvalue weighted by molar-refractivity contribution is -0.151. The number of phenolic OH excluding ortho intramolecular Hbond substituents is 1.